The molecule has 0 fully saturated rings. The first-order chi connectivity index (χ1) is 29.4. The Morgan fingerprint density at radius 1 is 0.683 bits per heavy atom. The lowest BCUT2D eigenvalue weighted by Crippen LogP contribution is -2.02. The Morgan fingerprint density at radius 3 is 1.90 bits per heavy atom. The second-order valence-electron chi connectivity index (χ2n) is 15.0. The van der Waals surface area contributed by atoms with E-state index in [1.54, 1.807) is 38.5 Å². The van der Waals surface area contributed by atoms with Crippen molar-refractivity contribution in [2.75, 3.05) is 14.2 Å². The van der Waals surface area contributed by atoms with Gasteiger partial charge in [0.05, 0.1) is 42.4 Å². The number of benzene rings is 6. The van der Waals surface area contributed by atoms with E-state index in [4.69, 9.17) is 14.5 Å². The van der Waals surface area contributed by atoms with Crippen LogP contribution in [0.1, 0.15) is 40.4 Å². The van der Waals surface area contributed by atoms with Crippen molar-refractivity contribution in [3.05, 3.63) is 227 Å². The lowest BCUT2D eigenvalue weighted by Gasteiger charge is -2.17. The fourth-order valence-electron chi connectivity index (χ4n) is 8.46. The number of fused-ring (bicyclic) bond motifs is 3. The molecule has 8 aromatic rings. The Labute approximate surface area is 346 Å². The normalized spacial score (nSPS) is 15.9. The van der Waals surface area contributed by atoms with Crippen molar-refractivity contribution < 1.29 is 18.3 Å². The minimum Gasteiger partial charge on any atom is -0.497 e. The fourth-order valence-corrected chi connectivity index (χ4v) is 8.46. The highest BCUT2D eigenvalue weighted by Gasteiger charge is 2.28. The predicted octanol–water partition coefficient (Wildman–Crippen LogP) is 13.0. The third-order valence-corrected chi connectivity index (χ3v) is 11.5. The molecule has 0 spiro atoms. The van der Waals surface area contributed by atoms with E-state index >= 15 is 0 Å². The van der Waals surface area contributed by atoms with Crippen LogP contribution in [0.25, 0.3) is 49.8 Å². The zero-order valence-corrected chi connectivity index (χ0v) is 33.0. The van der Waals surface area contributed by atoms with Crippen molar-refractivity contribution in [1.29, 1.82) is 0 Å². The molecule has 3 heterocycles. The van der Waals surface area contributed by atoms with E-state index in [9.17, 15) is 8.78 Å². The molecule has 1 unspecified atom stereocenters. The number of nitrogens with zero attached hydrogens (tertiary/aromatic N) is 2. The highest BCUT2D eigenvalue weighted by Crippen LogP contribution is 2.44. The van der Waals surface area contributed by atoms with E-state index < -0.39 is 0 Å². The Balaban J connectivity index is 1.23. The molecule has 0 bridgehead atoms. The predicted molar refractivity (Wildman–Crippen MR) is 238 cm³/mol. The van der Waals surface area contributed by atoms with Crippen LogP contribution in [0.15, 0.2) is 192 Å². The van der Waals surface area contributed by atoms with Crippen LogP contribution >= 0.6 is 0 Å². The quantitative estimate of drug-likeness (QED) is 0.158. The molecule has 0 saturated heterocycles. The number of H-pyrrole nitrogens is 1. The summed E-state index contributed by atoms with van der Waals surface area (Å²) in [4.78, 5) is 9.28. The van der Waals surface area contributed by atoms with Crippen molar-refractivity contribution in [2.24, 2.45) is 4.99 Å². The summed E-state index contributed by atoms with van der Waals surface area (Å²) in [5.41, 5.74) is 12.7. The largest absolute Gasteiger partial charge is 0.497 e. The number of halogens is 2. The summed E-state index contributed by atoms with van der Waals surface area (Å²) < 4.78 is 42.1. The molecular formula is C53H39F2N3O2. The Hall–Kier alpha value is -7.51. The number of para-hydroxylation sites is 2. The minimum atomic E-state index is -0.328. The van der Waals surface area contributed by atoms with Crippen LogP contribution in [0.2, 0.25) is 0 Å². The fraction of sp³-hybridized carbons (Fsp3) is 0.0755. The molecule has 2 aromatic heterocycles. The molecule has 0 radical (unpaired) electrons. The highest BCUT2D eigenvalue weighted by atomic mass is 19.1. The molecule has 1 aliphatic heterocycles. The zero-order valence-electron chi connectivity index (χ0n) is 33.0. The smallest absolute Gasteiger partial charge is 0.123 e. The maximum atomic E-state index is 14.5. The van der Waals surface area contributed by atoms with Gasteiger partial charge in [0, 0.05) is 50.3 Å². The lowest BCUT2D eigenvalue weighted by molar-refractivity contribution is 0.303. The van der Waals surface area contributed by atoms with E-state index in [1.165, 1.54) is 35.0 Å². The number of aromatic amines is 1. The van der Waals surface area contributed by atoms with Gasteiger partial charge in [0.15, 0.2) is 0 Å². The van der Waals surface area contributed by atoms with Crippen molar-refractivity contribution >= 4 is 38.7 Å². The van der Waals surface area contributed by atoms with Gasteiger partial charge in [-0.1, -0.05) is 78.9 Å². The summed E-state index contributed by atoms with van der Waals surface area (Å²) in [5, 5.41) is 2.38. The zero-order chi connectivity index (χ0) is 40.7. The first-order valence-corrected chi connectivity index (χ1v) is 19.9. The molecule has 10 rings (SSSR count). The van der Waals surface area contributed by atoms with Crippen LogP contribution in [-0.4, -0.2) is 29.5 Å². The van der Waals surface area contributed by atoms with Gasteiger partial charge < -0.3 is 19.0 Å². The van der Waals surface area contributed by atoms with Crippen LogP contribution in [-0.2, 0) is 4.74 Å². The topological polar surface area (TPSA) is 51.5 Å². The molecular weight excluding hydrogens is 749 g/mol. The van der Waals surface area contributed by atoms with Gasteiger partial charge in [-0.05, 0) is 120 Å². The standard InChI is InChI=1S/C53H39F2N3O2/c1-59-41-27-17-34(18-28-41)46-32-48(36-19-29-42(60-2)30-20-36)57-53(46)51(52-45(33-11-21-38(54)22-12-33)31-47(56-52)35-13-23-39(55)24-14-35)37-15-25-40(26-16-37)58-49-9-5-3-7-43(49)44-8-4-6-10-50(44)58/h3-19,21-32,36,57H,20H2,1-2H3/b52-51-. The molecule has 0 saturated carbocycles. The molecule has 5 nitrogen and oxygen atoms in total. The van der Waals surface area contributed by atoms with Crippen molar-refractivity contribution in [3.8, 4) is 22.6 Å². The summed E-state index contributed by atoms with van der Waals surface area (Å²) in [6, 6.07) is 48.8. The highest BCUT2D eigenvalue weighted by molar-refractivity contribution is 6.20. The van der Waals surface area contributed by atoms with Gasteiger partial charge in [0.25, 0.3) is 0 Å². The second kappa shape index (κ2) is 15.3. The van der Waals surface area contributed by atoms with Gasteiger partial charge in [-0.2, -0.15) is 0 Å². The lowest BCUT2D eigenvalue weighted by atomic mass is 9.90. The van der Waals surface area contributed by atoms with Crippen molar-refractivity contribution in [3.63, 3.8) is 0 Å². The third-order valence-electron chi connectivity index (χ3n) is 11.5. The van der Waals surface area contributed by atoms with Gasteiger partial charge in [-0.3, -0.25) is 0 Å². The number of aliphatic imine (C=N–C) groups is 1. The SMILES string of the molecule is COC1=CCC(c2cc(-c3ccc(OC)cc3)c(/C(=C3\N=C(c4ccc(F)cc4)C=C3c3ccc(F)cc3)c3ccc(-n4c5ccccc5c5ccccc54)cc3)[nH]2)C=C1. The van der Waals surface area contributed by atoms with Gasteiger partial charge in [0.1, 0.15) is 23.1 Å². The maximum absolute atomic E-state index is 14.5. The monoisotopic (exact) mass is 787 g/mol. The average Bonchev–Trinajstić information content (AvgIpc) is 4.03. The number of rotatable bonds is 9. The molecule has 7 heteroatoms. The first-order valence-electron chi connectivity index (χ1n) is 19.9. The molecule has 6 aromatic carbocycles. The molecule has 0 amide bonds. The minimum absolute atomic E-state index is 0.0625. The van der Waals surface area contributed by atoms with Gasteiger partial charge in [-0.15, -0.1) is 0 Å². The summed E-state index contributed by atoms with van der Waals surface area (Å²) in [7, 11) is 3.35. The van der Waals surface area contributed by atoms with Crippen LogP contribution < -0.4 is 4.74 Å². The Kier molecular flexibility index (Phi) is 9.41. The average molecular weight is 788 g/mol. The van der Waals surface area contributed by atoms with Crippen molar-refractivity contribution in [2.45, 2.75) is 12.3 Å². The molecule has 1 atom stereocenters. The van der Waals surface area contributed by atoms with Crippen LogP contribution in [0, 0.1) is 11.6 Å². The Morgan fingerprint density at radius 2 is 1.30 bits per heavy atom. The molecule has 60 heavy (non-hydrogen) atoms. The van der Waals surface area contributed by atoms with Gasteiger partial charge in [-0.25, -0.2) is 13.8 Å². The van der Waals surface area contributed by atoms with Crippen molar-refractivity contribution in [1.82, 2.24) is 9.55 Å². The third kappa shape index (κ3) is 6.64. The number of nitrogens with one attached hydrogen (secondary N) is 1. The maximum Gasteiger partial charge on any atom is 0.123 e. The van der Waals surface area contributed by atoms with E-state index in [2.05, 4.69) is 113 Å². The number of hydrogen-bond acceptors (Lipinski definition) is 3. The summed E-state index contributed by atoms with van der Waals surface area (Å²) >= 11 is 0. The number of ether oxygens (including phenoxy) is 2. The summed E-state index contributed by atoms with van der Waals surface area (Å²) in [6.45, 7) is 0. The van der Waals surface area contributed by atoms with E-state index in [0.717, 1.165) is 85.0 Å². The van der Waals surface area contributed by atoms with E-state index in [0.29, 0.717) is 11.4 Å². The summed E-state index contributed by atoms with van der Waals surface area (Å²) in [5.74, 6) is 1.00. The Bertz CT molecular complexity index is 3020. The summed E-state index contributed by atoms with van der Waals surface area (Å²) in [6.07, 6.45) is 9.06. The second-order valence-corrected chi connectivity index (χ2v) is 15.0. The van der Waals surface area contributed by atoms with Gasteiger partial charge >= 0.3 is 0 Å². The van der Waals surface area contributed by atoms with Crippen LogP contribution in [0.3, 0.4) is 0 Å². The number of allylic oxidation sites excluding steroid dienone is 5. The molecule has 2 aliphatic rings. The number of hydrogen-bond donors (Lipinski definition) is 1. The molecule has 1 N–H and O–H groups in total. The van der Waals surface area contributed by atoms with Gasteiger partial charge in [0.2, 0.25) is 0 Å². The van der Waals surface area contributed by atoms with E-state index in [-0.39, 0.29) is 17.6 Å². The number of aromatic nitrogens is 2. The molecule has 292 valence electrons. The molecule has 1 aliphatic carbocycles. The van der Waals surface area contributed by atoms with Crippen LogP contribution in [0.4, 0.5) is 8.78 Å². The van der Waals surface area contributed by atoms with Crippen LogP contribution in [0.5, 0.6) is 5.75 Å². The van der Waals surface area contributed by atoms with E-state index in [1.807, 2.05) is 24.3 Å². The first kappa shape index (κ1) is 36.8. The number of methoxy groups -OCH3 is 2.